The molecule has 0 aromatic carbocycles. The Morgan fingerprint density at radius 1 is 1.50 bits per heavy atom. The number of thioether (sulfide) groups is 1. The van der Waals surface area contributed by atoms with Gasteiger partial charge in [-0.3, -0.25) is 0 Å². The van der Waals surface area contributed by atoms with E-state index in [0.717, 1.165) is 17.5 Å². The topological polar surface area (TPSA) is 67.1 Å². The summed E-state index contributed by atoms with van der Waals surface area (Å²) in [6.07, 6.45) is 4.44. The van der Waals surface area contributed by atoms with E-state index in [-0.39, 0.29) is 0 Å². The molecule has 7 heteroatoms. The molecule has 0 spiro atoms. The van der Waals surface area contributed by atoms with Crippen molar-refractivity contribution in [1.29, 1.82) is 0 Å². The van der Waals surface area contributed by atoms with Gasteiger partial charge in [-0.15, -0.1) is 11.3 Å². The van der Waals surface area contributed by atoms with Crippen LogP contribution in [0.2, 0.25) is 0 Å². The number of nitrogen functional groups attached to an aromatic ring is 1. The van der Waals surface area contributed by atoms with Crippen LogP contribution in [0.1, 0.15) is 17.7 Å². The second-order valence-electron chi connectivity index (χ2n) is 4.68. The number of nitrogens with one attached hydrogen (secondary N) is 1. The molecule has 1 fully saturated rings. The van der Waals surface area contributed by atoms with E-state index in [1.54, 1.807) is 11.3 Å². The Bertz CT molecular complexity index is 546. The zero-order valence-corrected chi connectivity index (χ0v) is 12.9. The summed E-state index contributed by atoms with van der Waals surface area (Å²) in [6, 6.07) is 6.77. The van der Waals surface area contributed by atoms with E-state index in [4.69, 9.17) is 5.84 Å². The molecule has 2 aromatic heterocycles. The molecule has 2 heterocycles. The fraction of sp³-hybridized carbons (Fsp3) is 0.385. The maximum atomic E-state index is 5.50. The van der Waals surface area contributed by atoms with Crippen LogP contribution in [0.15, 0.2) is 28.7 Å². The van der Waals surface area contributed by atoms with Crippen LogP contribution in [-0.2, 0) is 6.54 Å². The molecule has 0 atom stereocenters. The average molecular weight is 307 g/mol. The summed E-state index contributed by atoms with van der Waals surface area (Å²) in [6.45, 7) is 0.900. The fourth-order valence-corrected chi connectivity index (χ4v) is 3.16. The normalized spacial score (nSPS) is 14.3. The lowest BCUT2D eigenvalue weighted by Crippen LogP contribution is -2.26. The number of anilines is 2. The van der Waals surface area contributed by atoms with Gasteiger partial charge >= 0.3 is 0 Å². The average Bonchev–Trinajstić information content (AvgIpc) is 3.20. The quantitative estimate of drug-likeness (QED) is 0.370. The lowest BCUT2D eigenvalue weighted by Gasteiger charge is -2.23. The van der Waals surface area contributed by atoms with Crippen LogP contribution < -0.4 is 16.2 Å². The van der Waals surface area contributed by atoms with Crippen molar-refractivity contribution >= 4 is 34.7 Å². The Balaban J connectivity index is 1.90. The maximum Gasteiger partial charge on any atom is 0.191 e. The van der Waals surface area contributed by atoms with Gasteiger partial charge in [-0.1, -0.05) is 17.8 Å². The number of thiophene rings is 1. The van der Waals surface area contributed by atoms with E-state index in [0.29, 0.717) is 11.9 Å². The Morgan fingerprint density at radius 2 is 2.35 bits per heavy atom. The van der Waals surface area contributed by atoms with Crippen molar-refractivity contribution in [3.63, 3.8) is 0 Å². The zero-order valence-electron chi connectivity index (χ0n) is 11.2. The van der Waals surface area contributed by atoms with Crippen molar-refractivity contribution in [2.24, 2.45) is 5.84 Å². The molecule has 0 radical (unpaired) electrons. The van der Waals surface area contributed by atoms with Crippen LogP contribution in [0.4, 0.5) is 11.6 Å². The maximum absolute atomic E-state index is 5.50. The highest BCUT2D eigenvalue weighted by Crippen LogP contribution is 2.34. The van der Waals surface area contributed by atoms with Crippen molar-refractivity contribution < 1.29 is 0 Å². The smallest absolute Gasteiger partial charge is 0.191 e. The molecule has 0 bridgehead atoms. The highest BCUT2D eigenvalue weighted by Gasteiger charge is 2.30. The predicted molar refractivity (Wildman–Crippen MR) is 85.1 cm³/mol. The molecule has 0 aliphatic heterocycles. The highest BCUT2D eigenvalue weighted by molar-refractivity contribution is 7.98. The van der Waals surface area contributed by atoms with Gasteiger partial charge in [0.05, 0.1) is 6.54 Å². The van der Waals surface area contributed by atoms with Gasteiger partial charge in [-0.2, -0.15) is 0 Å². The Kier molecular flexibility index (Phi) is 4.09. The first-order valence-corrected chi connectivity index (χ1v) is 8.59. The summed E-state index contributed by atoms with van der Waals surface area (Å²) < 4.78 is 0. The molecule has 1 saturated carbocycles. The van der Waals surface area contributed by atoms with Crippen LogP contribution in [0.3, 0.4) is 0 Å². The summed E-state index contributed by atoms with van der Waals surface area (Å²) in [5.41, 5.74) is 2.63. The molecule has 20 heavy (non-hydrogen) atoms. The van der Waals surface area contributed by atoms with Crippen LogP contribution >= 0.6 is 23.1 Å². The van der Waals surface area contributed by atoms with Crippen LogP contribution in [-0.4, -0.2) is 22.3 Å². The van der Waals surface area contributed by atoms with E-state index in [1.807, 2.05) is 12.3 Å². The molecule has 1 aliphatic carbocycles. The van der Waals surface area contributed by atoms with Crippen LogP contribution in [0, 0.1) is 0 Å². The van der Waals surface area contributed by atoms with Gasteiger partial charge in [0.1, 0.15) is 11.6 Å². The number of aromatic nitrogens is 2. The fourth-order valence-electron chi connectivity index (χ4n) is 2.08. The van der Waals surface area contributed by atoms with Crippen molar-refractivity contribution in [2.45, 2.75) is 30.6 Å². The predicted octanol–water partition coefficient (Wildman–Crippen LogP) is 2.71. The van der Waals surface area contributed by atoms with Gasteiger partial charge in [0.15, 0.2) is 5.16 Å². The molecule has 0 saturated heterocycles. The van der Waals surface area contributed by atoms with E-state index in [1.165, 1.54) is 29.5 Å². The number of hydrogen-bond donors (Lipinski definition) is 2. The van der Waals surface area contributed by atoms with Gasteiger partial charge in [0, 0.05) is 17.0 Å². The van der Waals surface area contributed by atoms with Crippen molar-refractivity contribution in [3.8, 4) is 0 Å². The SMILES string of the molecule is CSc1nc(NN)cc(N(Cc2cccs2)C2CC2)n1. The van der Waals surface area contributed by atoms with E-state index in [9.17, 15) is 0 Å². The third kappa shape index (κ3) is 3.05. The molecule has 3 rings (SSSR count). The largest absolute Gasteiger partial charge is 0.348 e. The molecular weight excluding hydrogens is 290 g/mol. The molecule has 1 aliphatic rings. The Labute approximate surface area is 126 Å². The second kappa shape index (κ2) is 5.99. The van der Waals surface area contributed by atoms with Gasteiger partial charge in [0.2, 0.25) is 0 Å². The lowest BCUT2D eigenvalue weighted by atomic mass is 10.3. The highest BCUT2D eigenvalue weighted by atomic mass is 32.2. The van der Waals surface area contributed by atoms with Crippen molar-refractivity contribution in [2.75, 3.05) is 16.6 Å². The number of hydrogen-bond acceptors (Lipinski definition) is 7. The third-order valence-electron chi connectivity index (χ3n) is 3.21. The molecule has 5 nitrogen and oxygen atoms in total. The summed E-state index contributed by atoms with van der Waals surface area (Å²) >= 11 is 3.31. The number of nitrogens with zero attached hydrogens (tertiary/aromatic N) is 3. The van der Waals surface area contributed by atoms with Crippen LogP contribution in [0.5, 0.6) is 0 Å². The first-order chi connectivity index (χ1) is 9.80. The minimum Gasteiger partial charge on any atom is -0.348 e. The Hall–Kier alpha value is -1.31. The first kappa shape index (κ1) is 13.7. The molecule has 3 N–H and O–H groups in total. The number of nitrogens with two attached hydrogens (primary N) is 1. The van der Waals surface area contributed by atoms with E-state index in [2.05, 4.69) is 37.8 Å². The van der Waals surface area contributed by atoms with Gasteiger partial charge in [-0.05, 0) is 30.5 Å². The third-order valence-corrected chi connectivity index (χ3v) is 4.62. The molecule has 0 unspecified atom stereocenters. The van der Waals surface area contributed by atoms with Gasteiger partial charge < -0.3 is 10.3 Å². The number of rotatable bonds is 6. The van der Waals surface area contributed by atoms with Crippen LogP contribution in [0.25, 0.3) is 0 Å². The van der Waals surface area contributed by atoms with Crippen molar-refractivity contribution in [3.05, 3.63) is 28.5 Å². The molecule has 0 amide bonds. The first-order valence-electron chi connectivity index (χ1n) is 6.49. The minimum atomic E-state index is 0.590. The van der Waals surface area contributed by atoms with E-state index < -0.39 is 0 Å². The summed E-state index contributed by atoms with van der Waals surface area (Å²) in [5.74, 6) is 7.12. The molecular formula is C13H17N5S2. The molecule has 106 valence electrons. The second-order valence-corrected chi connectivity index (χ2v) is 6.49. The summed E-state index contributed by atoms with van der Waals surface area (Å²) in [4.78, 5) is 12.7. The number of hydrazine groups is 1. The minimum absolute atomic E-state index is 0.590. The summed E-state index contributed by atoms with van der Waals surface area (Å²) in [7, 11) is 0. The van der Waals surface area contributed by atoms with Crippen molar-refractivity contribution in [1.82, 2.24) is 9.97 Å². The summed E-state index contributed by atoms with van der Waals surface area (Å²) in [5, 5.41) is 2.85. The monoisotopic (exact) mass is 307 g/mol. The van der Waals surface area contributed by atoms with E-state index >= 15 is 0 Å². The van der Waals surface area contributed by atoms with Gasteiger partial charge in [0.25, 0.3) is 0 Å². The zero-order chi connectivity index (χ0) is 13.9. The Morgan fingerprint density at radius 3 is 2.95 bits per heavy atom. The molecule has 2 aromatic rings. The standard InChI is InChI=1S/C13H17N5S2/c1-19-13-15-11(17-14)7-12(16-13)18(9-4-5-9)8-10-3-2-6-20-10/h2-3,6-7,9H,4-5,8,14H2,1H3,(H,15,16,17). The van der Waals surface area contributed by atoms with Gasteiger partial charge in [-0.25, -0.2) is 15.8 Å². The lowest BCUT2D eigenvalue weighted by molar-refractivity contribution is 0.769.